The molecule has 0 saturated heterocycles. The first kappa shape index (κ1) is 21.5. The van der Waals surface area contributed by atoms with Crippen molar-refractivity contribution in [2.24, 2.45) is 5.73 Å². The molecule has 1 aliphatic carbocycles. The first-order chi connectivity index (χ1) is 14.3. The van der Waals surface area contributed by atoms with Crippen molar-refractivity contribution in [1.82, 2.24) is 0 Å². The van der Waals surface area contributed by atoms with Crippen LogP contribution >= 0.6 is 0 Å². The summed E-state index contributed by atoms with van der Waals surface area (Å²) in [6.07, 6.45) is 5.18. The van der Waals surface area contributed by atoms with Gasteiger partial charge in [-0.3, -0.25) is 14.1 Å². The number of allylic oxidation sites excluding steroid dienone is 1. The van der Waals surface area contributed by atoms with Gasteiger partial charge in [-0.2, -0.15) is 0 Å². The SMILES string of the molecule is Cc1cccc(Nc2c(NS(=O)O)ccc(OC(=O)C3=CCCCC3)c2C(N)=O)c1. The van der Waals surface area contributed by atoms with E-state index in [-0.39, 0.29) is 22.7 Å². The van der Waals surface area contributed by atoms with E-state index in [1.165, 1.54) is 12.1 Å². The summed E-state index contributed by atoms with van der Waals surface area (Å²) >= 11 is -2.39. The highest BCUT2D eigenvalue weighted by atomic mass is 32.2. The number of carbonyl (C=O) groups excluding carboxylic acids is 2. The molecular weight excluding hydrogens is 406 g/mol. The first-order valence-corrected chi connectivity index (χ1v) is 10.5. The molecule has 0 aromatic heterocycles. The molecule has 3 rings (SSSR count). The lowest BCUT2D eigenvalue weighted by Crippen LogP contribution is -2.20. The number of carbonyl (C=O) groups is 2. The number of aryl methyl sites for hydroxylation is 1. The zero-order valence-corrected chi connectivity index (χ0v) is 17.3. The molecule has 30 heavy (non-hydrogen) atoms. The summed E-state index contributed by atoms with van der Waals surface area (Å²) < 4.78 is 28.5. The summed E-state index contributed by atoms with van der Waals surface area (Å²) in [6, 6.07) is 10.1. The number of anilines is 3. The van der Waals surface area contributed by atoms with E-state index in [1.54, 1.807) is 6.07 Å². The third kappa shape index (κ3) is 5.25. The minimum atomic E-state index is -2.39. The molecule has 9 heteroatoms. The first-order valence-electron chi connectivity index (χ1n) is 9.44. The lowest BCUT2D eigenvalue weighted by Gasteiger charge is -2.19. The fourth-order valence-corrected chi connectivity index (χ4v) is 3.64. The maximum absolute atomic E-state index is 12.6. The monoisotopic (exact) mass is 429 g/mol. The van der Waals surface area contributed by atoms with Gasteiger partial charge >= 0.3 is 5.97 Å². The Hall–Kier alpha value is -3.17. The summed E-state index contributed by atoms with van der Waals surface area (Å²) in [4.78, 5) is 24.9. The number of esters is 1. The van der Waals surface area contributed by atoms with Crippen molar-refractivity contribution in [3.8, 4) is 5.75 Å². The van der Waals surface area contributed by atoms with Crippen molar-refractivity contribution < 1.29 is 23.1 Å². The second kappa shape index (κ2) is 9.55. The predicted octanol–water partition coefficient (Wildman–Crippen LogP) is 3.79. The third-order valence-electron chi connectivity index (χ3n) is 4.65. The summed E-state index contributed by atoms with van der Waals surface area (Å²) in [5, 5.41) is 3.05. The van der Waals surface area contributed by atoms with Crippen molar-refractivity contribution in [2.45, 2.75) is 32.6 Å². The van der Waals surface area contributed by atoms with Crippen molar-refractivity contribution >= 4 is 40.2 Å². The third-order valence-corrected chi connectivity index (χ3v) is 5.05. The highest BCUT2D eigenvalue weighted by Gasteiger charge is 2.23. The maximum Gasteiger partial charge on any atom is 0.339 e. The number of nitrogens with one attached hydrogen (secondary N) is 2. The van der Waals surface area contributed by atoms with Crippen LogP contribution in [0.4, 0.5) is 17.1 Å². The summed E-state index contributed by atoms with van der Waals surface area (Å²) in [5.74, 6) is -1.41. The van der Waals surface area contributed by atoms with E-state index in [0.717, 1.165) is 24.8 Å². The largest absolute Gasteiger partial charge is 0.422 e. The van der Waals surface area contributed by atoms with Crippen LogP contribution in [0.1, 0.15) is 41.6 Å². The van der Waals surface area contributed by atoms with E-state index in [9.17, 15) is 18.4 Å². The van der Waals surface area contributed by atoms with Gasteiger partial charge in [0.15, 0.2) is 0 Å². The van der Waals surface area contributed by atoms with Gasteiger partial charge in [-0.15, -0.1) is 0 Å². The van der Waals surface area contributed by atoms with Gasteiger partial charge in [-0.25, -0.2) is 9.00 Å². The quantitative estimate of drug-likeness (QED) is 0.301. The normalized spacial score (nSPS) is 14.4. The fraction of sp³-hybridized carbons (Fsp3) is 0.238. The standard InChI is InChI=1S/C21H23N3O5S/c1-13-6-5-9-15(12-13)23-19-16(24-30(27)28)10-11-17(18(19)20(22)25)29-21(26)14-7-3-2-4-8-14/h5-7,9-12,23-24H,2-4,8H2,1H3,(H2,22,25)(H,27,28). The van der Waals surface area contributed by atoms with E-state index in [0.29, 0.717) is 17.7 Å². The van der Waals surface area contributed by atoms with Gasteiger partial charge in [-0.05, 0) is 62.4 Å². The van der Waals surface area contributed by atoms with E-state index in [4.69, 9.17) is 10.5 Å². The zero-order chi connectivity index (χ0) is 21.7. The molecule has 1 atom stereocenters. The number of nitrogens with two attached hydrogens (primary N) is 1. The van der Waals surface area contributed by atoms with Crippen LogP contribution in [0.15, 0.2) is 48.0 Å². The number of ether oxygens (including phenoxy) is 1. The van der Waals surface area contributed by atoms with Crippen LogP contribution in [0.5, 0.6) is 5.75 Å². The van der Waals surface area contributed by atoms with Gasteiger partial charge in [0, 0.05) is 11.3 Å². The Balaban J connectivity index is 2.04. The Morgan fingerprint density at radius 2 is 2.00 bits per heavy atom. The molecule has 1 amide bonds. The number of primary amides is 1. The molecule has 0 spiro atoms. The Bertz CT molecular complexity index is 1040. The molecule has 2 aromatic carbocycles. The molecule has 0 fully saturated rings. The average Bonchev–Trinajstić information content (AvgIpc) is 2.70. The maximum atomic E-state index is 12.6. The average molecular weight is 429 g/mol. The van der Waals surface area contributed by atoms with Gasteiger partial charge in [0.1, 0.15) is 11.3 Å². The molecule has 1 unspecified atom stereocenters. The topological polar surface area (TPSA) is 131 Å². The fourth-order valence-electron chi connectivity index (χ4n) is 3.28. The Morgan fingerprint density at radius 3 is 2.63 bits per heavy atom. The van der Waals surface area contributed by atoms with Crippen LogP contribution in [0.3, 0.4) is 0 Å². The van der Waals surface area contributed by atoms with Crippen LogP contribution < -0.4 is 20.5 Å². The highest BCUT2D eigenvalue weighted by Crippen LogP contribution is 2.37. The molecule has 0 saturated carbocycles. The van der Waals surface area contributed by atoms with Crippen LogP contribution in [-0.2, 0) is 16.1 Å². The Kier molecular flexibility index (Phi) is 6.86. The summed E-state index contributed by atoms with van der Waals surface area (Å²) in [6.45, 7) is 1.90. The summed E-state index contributed by atoms with van der Waals surface area (Å²) in [5.41, 5.74) is 7.95. The van der Waals surface area contributed by atoms with E-state index < -0.39 is 23.1 Å². The minimum absolute atomic E-state index is 0.0246. The molecule has 158 valence electrons. The zero-order valence-electron chi connectivity index (χ0n) is 16.4. The molecular formula is C21H23N3O5S. The molecule has 0 radical (unpaired) electrons. The Morgan fingerprint density at radius 1 is 1.20 bits per heavy atom. The summed E-state index contributed by atoms with van der Waals surface area (Å²) in [7, 11) is 0. The Labute approximate surface area is 176 Å². The van der Waals surface area contributed by atoms with Crippen LogP contribution in [0.25, 0.3) is 0 Å². The van der Waals surface area contributed by atoms with Gasteiger partial charge in [0.25, 0.3) is 17.2 Å². The second-order valence-electron chi connectivity index (χ2n) is 6.94. The van der Waals surface area contributed by atoms with Gasteiger partial charge < -0.3 is 15.8 Å². The van der Waals surface area contributed by atoms with Crippen LogP contribution in [-0.4, -0.2) is 20.6 Å². The second-order valence-corrected chi connectivity index (χ2v) is 7.64. The molecule has 0 heterocycles. The van der Waals surface area contributed by atoms with E-state index in [2.05, 4.69) is 10.0 Å². The lowest BCUT2D eigenvalue weighted by atomic mass is 10.00. The van der Waals surface area contributed by atoms with Gasteiger partial charge in [-0.1, -0.05) is 18.2 Å². The molecule has 0 bridgehead atoms. The number of hydrogen-bond donors (Lipinski definition) is 4. The molecule has 2 aromatic rings. The molecule has 5 N–H and O–H groups in total. The van der Waals surface area contributed by atoms with Crippen molar-refractivity contribution in [3.63, 3.8) is 0 Å². The number of benzene rings is 2. The number of rotatable bonds is 7. The lowest BCUT2D eigenvalue weighted by molar-refractivity contribution is -0.130. The number of amides is 1. The van der Waals surface area contributed by atoms with Crippen molar-refractivity contribution in [3.05, 3.63) is 59.2 Å². The molecule has 8 nitrogen and oxygen atoms in total. The van der Waals surface area contributed by atoms with E-state index in [1.807, 2.05) is 31.2 Å². The molecule has 1 aliphatic rings. The van der Waals surface area contributed by atoms with Crippen LogP contribution in [0, 0.1) is 6.92 Å². The predicted molar refractivity (Wildman–Crippen MR) is 116 cm³/mol. The van der Waals surface area contributed by atoms with Crippen molar-refractivity contribution in [2.75, 3.05) is 10.0 Å². The number of hydrogen-bond acceptors (Lipinski definition) is 5. The van der Waals surface area contributed by atoms with Gasteiger partial charge in [0.2, 0.25) is 0 Å². The highest BCUT2D eigenvalue weighted by molar-refractivity contribution is 7.80. The smallest absolute Gasteiger partial charge is 0.339 e. The molecule has 0 aliphatic heterocycles. The van der Waals surface area contributed by atoms with E-state index >= 15 is 0 Å². The van der Waals surface area contributed by atoms with Crippen LogP contribution in [0.2, 0.25) is 0 Å². The van der Waals surface area contributed by atoms with Crippen molar-refractivity contribution in [1.29, 1.82) is 0 Å². The minimum Gasteiger partial charge on any atom is -0.422 e. The van der Waals surface area contributed by atoms with Gasteiger partial charge in [0.05, 0.1) is 11.4 Å².